The number of amides is 1. The molecule has 2 N–H and O–H groups in total. The van der Waals surface area contributed by atoms with E-state index in [9.17, 15) is 4.79 Å². The quantitative estimate of drug-likeness (QED) is 0.613. The van der Waals surface area contributed by atoms with Gasteiger partial charge in [0.25, 0.3) is 5.91 Å². The van der Waals surface area contributed by atoms with Crippen molar-refractivity contribution in [3.05, 3.63) is 90.0 Å². The van der Waals surface area contributed by atoms with Gasteiger partial charge in [-0.15, -0.1) is 0 Å². The first-order valence-corrected chi connectivity index (χ1v) is 8.71. The number of hydrogen-bond acceptors (Lipinski definition) is 4. The first kappa shape index (κ1) is 17.6. The van der Waals surface area contributed by atoms with Gasteiger partial charge in [0.2, 0.25) is 0 Å². The van der Waals surface area contributed by atoms with Crippen molar-refractivity contribution in [1.29, 1.82) is 0 Å². The third-order valence-corrected chi connectivity index (χ3v) is 3.99. The molecule has 2 heterocycles. The molecule has 1 amide bonds. The molecule has 0 saturated carbocycles. The topological polar surface area (TPSA) is 66.9 Å². The summed E-state index contributed by atoms with van der Waals surface area (Å²) in [7, 11) is 0. The third kappa shape index (κ3) is 5.41. The van der Waals surface area contributed by atoms with Crippen LogP contribution in [0.5, 0.6) is 0 Å². The van der Waals surface area contributed by atoms with Crippen LogP contribution in [0.2, 0.25) is 0 Å². The molecular weight excluding hydrogens is 324 g/mol. The van der Waals surface area contributed by atoms with Crippen LogP contribution in [-0.4, -0.2) is 22.4 Å². The Morgan fingerprint density at radius 3 is 2.58 bits per heavy atom. The maximum absolute atomic E-state index is 12.3. The number of carbonyl (C=O) groups is 1. The predicted molar refractivity (Wildman–Crippen MR) is 103 cm³/mol. The molecule has 1 aromatic carbocycles. The highest BCUT2D eigenvalue weighted by atomic mass is 16.1. The smallest absolute Gasteiger partial charge is 0.253 e. The van der Waals surface area contributed by atoms with Crippen molar-refractivity contribution in [2.75, 3.05) is 11.9 Å². The number of hydrogen-bond donors (Lipinski definition) is 2. The van der Waals surface area contributed by atoms with E-state index in [2.05, 4.69) is 44.9 Å². The van der Waals surface area contributed by atoms with Gasteiger partial charge in [0.05, 0.1) is 11.3 Å². The lowest BCUT2D eigenvalue weighted by atomic mass is 10.1. The fraction of sp³-hybridized carbons (Fsp3) is 0.190. The van der Waals surface area contributed by atoms with E-state index < -0.39 is 0 Å². The van der Waals surface area contributed by atoms with Gasteiger partial charge in [0.15, 0.2) is 0 Å². The van der Waals surface area contributed by atoms with Crippen molar-refractivity contribution >= 4 is 11.6 Å². The van der Waals surface area contributed by atoms with Crippen molar-refractivity contribution in [3.63, 3.8) is 0 Å². The Hall–Kier alpha value is -3.21. The lowest BCUT2D eigenvalue weighted by molar-refractivity contribution is 0.0950. The fourth-order valence-corrected chi connectivity index (χ4v) is 2.62. The van der Waals surface area contributed by atoms with E-state index >= 15 is 0 Å². The minimum atomic E-state index is -0.144. The Morgan fingerprint density at radius 1 is 0.923 bits per heavy atom. The van der Waals surface area contributed by atoms with Gasteiger partial charge in [-0.3, -0.25) is 14.8 Å². The number of benzene rings is 1. The van der Waals surface area contributed by atoms with Crippen molar-refractivity contribution < 1.29 is 4.79 Å². The second-order valence-corrected chi connectivity index (χ2v) is 6.02. The number of nitrogens with zero attached hydrogens (tertiary/aromatic N) is 2. The minimum Gasteiger partial charge on any atom is -0.384 e. The van der Waals surface area contributed by atoms with Gasteiger partial charge < -0.3 is 10.6 Å². The first-order valence-electron chi connectivity index (χ1n) is 8.71. The van der Waals surface area contributed by atoms with Crippen LogP contribution < -0.4 is 10.6 Å². The second-order valence-electron chi connectivity index (χ2n) is 6.02. The van der Waals surface area contributed by atoms with E-state index in [-0.39, 0.29) is 5.91 Å². The average Bonchev–Trinajstić information content (AvgIpc) is 2.71. The largest absolute Gasteiger partial charge is 0.384 e. The predicted octanol–water partition coefficient (Wildman–Crippen LogP) is 3.45. The highest BCUT2D eigenvalue weighted by Gasteiger charge is 2.07. The maximum atomic E-state index is 12.3. The molecule has 26 heavy (non-hydrogen) atoms. The Morgan fingerprint density at radius 2 is 1.77 bits per heavy atom. The van der Waals surface area contributed by atoms with Gasteiger partial charge in [-0.1, -0.05) is 36.4 Å². The number of aryl methyl sites for hydroxylation is 1. The van der Waals surface area contributed by atoms with Crippen molar-refractivity contribution in [2.24, 2.45) is 0 Å². The molecule has 0 aliphatic heterocycles. The molecule has 0 aliphatic rings. The maximum Gasteiger partial charge on any atom is 0.253 e. The van der Waals surface area contributed by atoms with E-state index in [1.807, 2.05) is 24.3 Å². The van der Waals surface area contributed by atoms with E-state index in [0.29, 0.717) is 12.1 Å². The Balaban J connectivity index is 1.47. The van der Waals surface area contributed by atoms with Crippen LogP contribution in [0, 0.1) is 0 Å². The molecule has 0 spiro atoms. The molecule has 5 heteroatoms. The van der Waals surface area contributed by atoms with Crippen LogP contribution in [0.3, 0.4) is 0 Å². The molecule has 0 unspecified atom stereocenters. The van der Waals surface area contributed by atoms with Crippen LogP contribution >= 0.6 is 0 Å². The third-order valence-electron chi connectivity index (χ3n) is 3.99. The van der Waals surface area contributed by atoms with E-state index in [1.165, 1.54) is 5.56 Å². The van der Waals surface area contributed by atoms with Crippen LogP contribution in [0.1, 0.15) is 27.9 Å². The van der Waals surface area contributed by atoms with Gasteiger partial charge in [-0.2, -0.15) is 0 Å². The number of nitrogens with one attached hydrogen (secondary N) is 2. The summed E-state index contributed by atoms with van der Waals surface area (Å²) in [5.41, 5.74) is 3.69. The zero-order valence-corrected chi connectivity index (χ0v) is 14.6. The SMILES string of the molecule is O=C(NCc1cccnc1)c1cncc(NCCCc2ccccc2)c1. The molecule has 3 aromatic rings. The van der Waals surface area contributed by atoms with E-state index in [4.69, 9.17) is 0 Å². The minimum absolute atomic E-state index is 0.144. The van der Waals surface area contributed by atoms with E-state index in [1.54, 1.807) is 24.8 Å². The summed E-state index contributed by atoms with van der Waals surface area (Å²) < 4.78 is 0. The summed E-state index contributed by atoms with van der Waals surface area (Å²) in [6.45, 7) is 1.28. The van der Waals surface area contributed by atoms with Crippen LogP contribution in [0.25, 0.3) is 0 Å². The molecule has 0 atom stereocenters. The lowest BCUT2D eigenvalue weighted by Gasteiger charge is -2.09. The number of carbonyl (C=O) groups excluding carboxylic acids is 1. The van der Waals surface area contributed by atoms with Crippen LogP contribution in [0.4, 0.5) is 5.69 Å². The average molecular weight is 346 g/mol. The highest BCUT2D eigenvalue weighted by molar-refractivity contribution is 5.94. The fourth-order valence-electron chi connectivity index (χ4n) is 2.62. The number of pyridine rings is 2. The molecule has 5 nitrogen and oxygen atoms in total. The highest BCUT2D eigenvalue weighted by Crippen LogP contribution is 2.10. The normalized spacial score (nSPS) is 10.3. The van der Waals surface area contributed by atoms with Gasteiger partial charge in [0, 0.05) is 37.9 Å². The molecule has 0 fully saturated rings. The molecule has 0 saturated heterocycles. The van der Waals surface area contributed by atoms with Gasteiger partial charge in [-0.05, 0) is 36.1 Å². The summed E-state index contributed by atoms with van der Waals surface area (Å²) in [5.74, 6) is -0.144. The standard InChI is InChI=1S/C21H22N4O/c26-21(25-14-18-9-4-10-22-13-18)19-12-20(16-23-15-19)24-11-5-8-17-6-2-1-3-7-17/h1-4,6-7,9-10,12-13,15-16,24H,5,8,11,14H2,(H,25,26). The first-order chi connectivity index (χ1) is 12.8. The van der Waals surface area contributed by atoms with Gasteiger partial charge in [0.1, 0.15) is 0 Å². The zero-order chi connectivity index (χ0) is 18.0. The lowest BCUT2D eigenvalue weighted by Crippen LogP contribution is -2.23. The van der Waals surface area contributed by atoms with Crippen molar-refractivity contribution in [1.82, 2.24) is 15.3 Å². The molecular formula is C21H22N4O. The Kier molecular flexibility index (Phi) is 6.31. The number of aromatic nitrogens is 2. The Bertz CT molecular complexity index is 822. The molecule has 2 aromatic heterocycles. The second kappa shape index (κ2) is 9.32. The molecule has 0 aliphatic carbocycles. The number of rotatable bonds is 8. The summed E-state index contributed by atoms with van der Waals surface area (Å²) in [6, 6.07) is 16.0. The van der Waals surface area contributed by atoms with Gasteiger partial charge in [-0.25, -0.2) is 0 Å². The molecule has 132 valence electrons. The summed E-state index contributed by atoms with van der Waals surface area (Å²) >= 11 is 0. The van der Waals surface area contributed by atoms with Crippen molar-refractivity contribution in [3.8, 4) is 0 Å². The molecule has 3 rings (SSSR count). The monoisotopic (exact) mass is 346 g/mol. The Labute approximate surface area is 153 Å². The van der Waals surface area contributed by atoms with E-state index in [0.717, 1.165) is 30.6 Å². The van der Waals surface area contributed by atoms with Crippen LogP contribution in [-0.2, 0) is 13.0 Å². The molecule has 0 radical (unpaired) electrons. The molecule has 0 bridgehead atoms. The van der Waals surface area contributed by atoms with Crippen LogP contribution in [0.15, 0.2) is 73.3 Å². The summed E-state index contributed by atoms with van der Waals surface area (Å²) in [6.07, 6.45) is 8.80. The summed E-state index contributed by atoms with van der Waals surface area (Å²) in [5, 5.41) is 6.22. The number of anilines is 1. The summed E-state index contributed by atoms with van der Waals surface area (Å²) in [4.78, 5) is 20.5. The van der Waals surface area contributed by atoms with Crippen molar-refractivity contribution in [2.45, 2.75) is 19.4 Å². The van der Waals surface area contributed by atoms with Gasteiger partial charge >= 0.3 is 0 Å². The zero-order valence-electron chi connectivity index (χ0n) is 14.6.